The summed E-state index contributed by atoms with van der Waals surface area (Å²) in [7, 11) is 0. The van der Waals surface area contributed by atoms with Crippen molar-refractivity contribution in [2.24, 2.45) is 5.92 Å². The van der Waals surface area contributed by atoms with Gasteiger partial charge in [-0.15, -0.1) is 0 Å². The minimum atomic E-state index is -1.84. The number of carbonyl (C=O) groups is 2. The maximum absolute atomic E-state index is 12.2. The molecule has 3 rings (SSSR count). The topological polar surface area (TPSA) is 117 Å². The van der Waals surface area contributed by atoms with Gasteiger partial charge in [-0.2, -0.15) is 0 Å². The summed E-state index contributed by atoms with van der Waals surface area (Å²) < 4.78 is 12.4. The molecule has 0 bridgehead atoms. The standard InChI is InChI=1S/C23H28N2O6/c1-15-6-3-4-8-19(15)31-23(18(22(28)29)12-21(26)27)20(10-9-16(2)25-23)30-14-17-7-5-11-24-13-17/h3-4,6,8-10,12,17,24-25H,5,7,11,13-14H2,1-2H3,(H,26,27)(H,28,29)/b18-12-/t17?,23-/m0/s1. The zero-order chi connectivity index (χ0) is 22.4. The third kappa shape index (κ3) is 5.27. The van der Waals surface area contributed by atoms with Crippen LogP contribution < -0.4 is 15.4 Å². The van der Waals surface area contributed by atoms with Gasteiger partial charge in [-0.25, -0.2) is 9.59 Å². The van der Waals surface area contributed by atoms with Gasteiger partial charge in [0.1, 0.15) is 11.3 Å². The second-order valence-electron chi connectivity index (χ2n) is 7.78. The van der Waals surface area contributed by atoms with Crippen LogP contribution in [0.25, 0.3) is 0 Å². The van der Waals surface area contributed by atoms with E-state index >= 15 is 0 Å². The molecule has 0 radical (unpaired) electrons. The predicted octanol–water partition coefficient (Wildman–Crippen LogP) is 2.57. The fourth-order valence-electron chi connectivity index (χ4n) is 3.73. The highest BCUT2D eigenvalue weighted by Crippen LogP contribution is 2.36. The van der Waals surface area contributed by atoms with E-state index < -0.39 is 23.2 Å². The van der Waals surface area contributed by atoms with Crippen molar-refractivity contribution in [3.05, 3.63) is 65.1 Å². The smallest absolute Gasteiger partial charge is 0.338 e. The van der Waals surface area contributed by atoms with Crippen LogP contribution in [-0.4, -0.2) is 47.6 Å². The third-order valence-corrected chi connectivity index (χ3v) is 5.31. The summed E-state index contributed by atoms with van der Waals surface area (Å²) in [5.74, 6) is -1.95. The molecule has 0 aromatic heterocycles. The van der Waals surface area contributed by atoms with Crippen LogP contribution >= 0.6 is 0 Å². The Bertz CT molecular complexity index is 930. The largest absolute Gasteiger partial charge is 0.491 e. The molecule has 4 N–H and O–H groups in total. The Labute approximate surface area is 181 Å². The van der Waals surface area contributed by atoms with Crippen LogP contribution in [0.2, 0.25) is 0 Å². The summed E-state index contributed by atoms with van der Waals surface area (Å²) in [5.41, 5.74) is -0.939. The van der Waals surface area contributed by atoms with Crippen LogP contribution in [0.15, 0.2) is 59.5 Å². The van der Waals surface area contributed by atoms with Crippen molar-refractivity contribution in [2.75, 3.05) is 19.7 Å². The molecule has 0 amide bonds. The Hall–Kier alpha value is -3.26. The molecule has 2 atom stereocenters. The number of piperidine rings is 1. The molecule has 8 heteroatoms. The van der Waals surface area contributed by atoms with E-state index in [2.05, 4.69) is 10.6 Å². The predicted molar refractivity (Wildman–Crippen MR) is 114 cm³/mol. The molecule has 2 aliphatic heterocycles. The van der Waals surface area contributed by atoms with Gasteiger partial charge in [0.25, 0.3) is 5.72 Å². The van der Waals surface area contributed by atoms with E-state index in [1.54, 1.807) is 31.2 Å². The molecule has 31 heavy (non-hydrogen) atoms. The summed E-state index contributed by atoms with van der Waals surface area (Å²) in [5, 5.41) is 25.7. The average molecular weight is 428 g/mol. The van der Waals surface area contributed by atoms with Crippen LogP contribution in [-0.2, 0) is 14.3 Å². The fraction of sp³-hybridized carbons (Fsp3) is 0.391. The first-order valence-electron chi connectivity index (χ1n) is 10.3. The van der Waals surface area contributed by atoms with E-state index in [1.807, 2.05) is 19.1 Å². The van der Waals surface area contributed by atoms with E-state index in [-0.39, 0.29) is 11.7 Å². The summed E-state index contributed by atoms with van der Waals surface area (Å²) in [6.45, 7) is 5.69. The number of para-hydroxylation sites is 1. The van der Waals surface area contributed by atoms with Gasteiger partial charge in [0, 0.05) is 24.2 Å². The Kier molecular flexibility index (Phi) is 7.02. The molecule has 0 saturated carbocycles. The molecule has 1 aromatic carbocycles. The number of aryl methyl sites for hydroxylation is 1. The summed E-state index contributed by atoms with van der Waals surface area (Å²) in [6.07, 6.45) is 6.05. The Morgan fingerprint density at radius 1 is 1.23 bits per heavy atom. The zero-order valence-corrected chi connectivity index (χ0v) is 17.7. The molecule has 0 spiro atoms. The van der Waals surface area contributed by atoms with Crippen LogP contribution in [0, 0.1) is 12.8 Å². The van der Waals surface area contributed by atoms with Gasteiger partial charge in [-0.1, -0.05) is 18.2 Å². The molecular formula is C23H28N2O6. The van der Waals surface area contributed by atoms with E-state index in [0.29, 0.717) is 24.1 Å². The molecule has 1 fully saturated rings. The third-order valence-electron chi connectivity index (χ3n) is 5.31. The first kappa shape index (κ1) is 22.4. The Morgan fingerprint density at radius 3 is 2.65 bits per heavy atom. The van der Waals surface area contributed by atoms with Crippen LogP contribution in [0.3, 0.4) is 0 Å². The molecule has 8 nitrogen and oxygen atoms in total. The van der Waals surface area contributed by atoms with Gasteiger partial charge < -0.3 is 30.3 Å². The number of hydrogen-bond acceptors (Lipinski definition) is 6. The first-order chi connectivity index (χ1) is 14.8. The second-order valence-corrected chi connectivity index (χ2v) is 7.78. The van der Waals surface area contributed by atoms with Gasteiger partial charge in [0.2, 0.25) is 0 Å². The number of benzene rings is 1. The van der Waals surface area contributed by atoms with Crippen molar-refractivity contribution in [3.63, 3.8) is 0 Å². The number of hydrogen-bond donors (Lipinski definition) is 4. The highest BCUT2D eigenvalue weighted by Gasteiger charge is 2.48. The molecule has 1 aromatic rings. The Morgan fingerprint density at radius 2 is 2.00 bits per heavy atom. The number of allylic oxidation sites excluding steroid dienone is 3. The van der Waals surface area contributed by atoms with Crippen molar-refractivity contribution < 1.29 is 29.3 Å². The monoisotopic (exact) mass is 428 g/mol. The van der Waals surface area contributed by atoms with E-state index in [4.69, 9.17) is 9.47 Å². The lowest BCUT2D eigenvalue weighted by atomic mass is 9.95. The first-order valence-corrected chi connectivity index (χ1v) is 10.3. The number of carboxylic acids is 2. The number of ether oxygens (including phenoxy) is 2. The van der Waals surface area contributed by atoms with Crippen LogP contribution in [0.5, 0.6) is 5.75 Å². The molecule has 0 aliphatic carbocycles. The van der Waals surface area contributed by atoms with Crippen molar-refractivity contribution in [1.82, 2.24) is 10.6 Å². The fourth-order valence-corrected chi connectivity index (χ4v) is 3.73. The molecule has 2 aliphatic rings. The lowest BCUT2D eigenvalue weighted by Gasteiger charge is -2.40. The quantitative estimate of drug-likeness (QED) is 0.467. The summed E-state index contributed by atoms with van der Waals surface area (Å²) in [4.78, 5) is 23.7. The number of dihydropyridines is 1. The van der Waals surface area contributed by atoms with E-state index in [0.717, 1.165) is 31.5 Å². The Balaban J connectivity index is 2.05. The highest BCUT2D eigenvalue weighted by atomic mass is 16.6. The minimum absolute atomic E-state index is 0.196. The van der Waals surface area contributed by atoms with Crippen molar-refractivity contribution >= 4 is 11.9 Å². The normalized spacial score (nSPS) is 23.8. The van der Waals surface area contributed by atoms with E-state index in [1.165, 1.54) is 0 Å². The van der Waals surface area contributed by atoms with Gasteiger partial charge in [0.05, 0.1) is 6.61 Å². The van der Waals surface area contributed by atoms with Crippen molar-refractivity contribution in [3.8, 4) is 5.75 Å². The number of nitrogens with one attached hydrogen (secondary N) is 2. The molecular weight excluding hydrogens is 400 g/mol. The number of aliphatic carboxylic acids is 2. The average Bonchev–Trinajstić information content (AvgIpc) is 2.73. The molecule has 1 unspecified atom stereocenters. The van der Waals surface area contributed by atoms with Crippen LogP contribution in [0.1, 0.15) is 25.3 Å². The minimum Gasteiger partial charge on any atom is -0.491 e. The van der Waals surface area contributed by atoms with E-state index in [9.17, 15) is 19.8 Å². The summed E-state index contributed by atoms with van der Waals surface area (Å²) in [6, 6.07) is 7.13. The van der Waals surface area contributed by atoms with Gasteiger partial charge in [0.15, 0.2) is 5.76 Å². The number of carboxylic acid groups (broad SMARTS) is 2. The van der Waals surface area contributed by atoms with Crippen LogP contribution in [0.4, 0.5) is 0 Å². The zero-order valence-electron chi connectivity index (χ0n) is 17.7. The SMILES string of the molecule is CC1=CC=C(OCC2CCCNC2)[C@@](Oc2ccccc2C)(/C(=C\C(=O)O)C(=O)O)N1. The number of rotatable bonds is 8. The second kappa shape index (κ2) is 9.70. The summed E-state index contributed by atoms with van der Waals surface area (Å²) >= 11 is 0. The molecule has 2 heterocycles. The maximum atomic E-state index is 12.2. The molecule has 166 valence electrons. The lowest BCUT2D eigenvalue weighted by molar-refractivity contribution is -0.137. The van der Waals surface area contributed by atoms with Gasteiger partial charge in [-0.05, 0) is 57.0 Å². The lowest BCUT2D eigenvalue weighted by Crippen LogP contribution is -2.56. The van der Waals surface area contributed by atoms with Gasteiger partial charge in [-0.3, -0.25) is 0 Å². The highest BCUT2D eigenvalue weighted by molar-refractivity contribution is 5.97. The van der Waals surface area contributed by atoms with Gasteiger partial charge >= 0.3 is 11.9 Å². The van der Waals surface area contributed by atoms with Crippen molar-refractivity contribution in [1.29, 1.82) is 0 Å². The molecule has 1 saturated heterocycles. The van der Waals surface area contributed by atoms with Crippen molar-refractivity contribution in [2.45, 2.75) is 32.4 Å². The maximum Gasteiger partial charge on any atom is 0.338 e.